The molecule has 0 saturated heterocycles. The number of rotatable bonds is 1. The van der Waals surface area contributed by atoms with Gasteiger partial charge in [0.1, 0.15) is 16.7 Å². The van der Waals surface area contributed by atoms with Gasteiger partial charge in [-0.25, -0.2) is 14.8 Å². The van der Waals surface area contributed by atoms with Gasteiger partial charge in [-0.05, 0) is 39.3 Å². The van der Waals surface area contributed by atoms with Crippen LogP contribution in [-0.4, -0.2) is 26.5 Å². The van der Waals surface area contributed by atoms with Crippen LogP contribution in [0.15, 0.2) is 6.20 Å². The fourth-order valence-electron chi connectivity index (χ4n) is 1.66. The molecule has 2 aromatic rings. The average molecular weight is 268 g/mol. The molecule has 96 valence electrons. The zero-order valence-corrected chi connectivity index (χ0v) is 11.4. The van der Waals surface area contributed by atoms with Crippen molar-refractivity contribution in [1.82, 2.24) is 15.0 Å². The van der Waals surface area contributed by atoms with Gasteiger partial charge < -0.3 is 9.72 Å². The second-order valence-electron chi connectivity index (χ2n) is 5.03. The summed E-state index contributed by atoms with van der Waals surface area (Å²) in [6, 6.07) is 0. The maximum Gasteiger partial charge on any atom is 0.342 e. The molecule has 0 saturated carbocycles. The summed E-state index contributed by atoms with van der Waals surface area (Å²) in [6.45, 7) is 7.24. The van der Waals surface area contributed by atoms with Gasteiger partial charge in [0.15, 0.2) is 0 Å². The Balaban J connectivity index is 2.53. The molecule has 6 heteroatoms. The van der Waals surface area contributed by atoms with E-state index in [2.05, 4.69) is 15.0 Å². The summed E-state index contributed by atoms with van der Waals surface area (Å²) in [5.41, 5.74) is 1.70. The second-order valence-corrected chi connectivity index (χ2v) is 5.37. The van der Waals surface area contributed by atoms with Crippen LogP contribution >= 0.6 is 11.6 Å². The van der Waals surface area contributed by atoms with E-state index in [1.54, 1.807) is 13.1 Å². The minimum atomic E-state index is -0.552. The number of ether oxygens (including phenoxy) is 1. The molecule has 0 fully saturated rings. The summed E-state index contributed by atoms with van der Waals surface area (Å²) in [5.74, 6) is -0.416. The summed E-state index contributed by atoms with van der Waals surface area (Å²) in [6.07, 6.45) is 1.55. The number of aromatic amines is 1. The zero-order valence-electron chi connectivity index (χ0n) is 10.7. The first-order chi connectivity index (χ1) is 8.28. The van der Waals surface area contributed by atoms with E-state index in [9.17, 15) is 4.79 Å². The lowest BCUT2D eigenvalue weighted by Gasteiger charge is -2.19. The van der Waals surface area contributed by atoms with Crippen LogP contribution in [0.4, 0.5) is 0 Å². The van der Waals surface area contributed by atoms with E-state index in [1.165, 1.54) is 0 Å². The third-order valence-electron chi connectivity index (χ3n) is 2.30. The molecule has 0 aliphatic heterocycles. The summed E-state index contributed by atoms with van der Waals surface area (Å²) < 4.78 is 5.35. The van der Waals surface area contributed by atoms with Crippen LogP contribution in [0.2, 0.25) is 5.28 Å². The number of aryl methyl sites for hydroxylation is 1. The Kier molecular flexibility index (Phi) is 3.02. The van der Waals surface area contributed by atoms with E-state index >= 15 is 0 Å². The number of esters is 1. The topological polar surface area (TPSA) is 67.9 Å². The molecule has 2 rings (SSSR count). The first-order valence-corrected chi connectivity index (χ1v) is 5.90. The van der Waals surface area contributed by atoms with Crippen molar-refractivity contribution in [1.29, 1.82) is 0 Å². The lowest BCUT2D eigenvalue weighted by Crippen LogP contribution is -2.24. The highest BCUT2D eigenvalue weighted by atomic mass is 35.5. The molecule has 0 amide bonds. The molecule has 0 radical (unpaired) electrons. The van der Waals surface area contributed by atoms with E-state index in [0.29, 0.717) is 22.3 Å². The van der Waals surface area contributed by atoms with Gasteiger partial charge in [0.05, 0.1) is 11.7 Å². The van der Waals surface area contributed by atoms with Gasteiger partial charge in [-0.1, -0.05) is 0 Å². The molecule has 0 aliphatic carbocycles. The molecule has 0 bridgehead atoms. The molecular weight excluding hydrogens is 254 g/mol. The van der Waals surface area contributed by atoms with Crippen molar-refractivity contribution in [2.75, 3.05) is 0 Å². The Morgan fingerprint density at radius 3 is 2.72 bits per heavy atom. The van der Waals surface area contributed by atoms with Crippen LogP contribution in [0.3, 0.4) is 0 Å². The van der Waals surface area contributed by atoms with Gasteiger partial charge >= 0.3 is 5.97 Å². The first kappa shape index (κ1) is 12.8. The molecule has 0 atom stereocenters. The smallest absolute Gasteiger partial charge is 0.342 e. The van der Waals surface area contributed by atoms with Crippen molar-refractivity contribution in [3.8, 4) is 0 Å². The van der Waals surface area contributed by atoms with Gasteiger partial charge in [0.2, 0.25) is 5.28 Å². The third kappa shape index (κ3) is 2.46. The van der Waals surface area contributed by atoms with Gasteiger partial charge in [-0.15, -0.1) is 0 Å². The number of carbonyl (C=O) groups is 1. The molecule has 1 N–H and O–H groups in total. The lowest BCUT2D eigenvalue weighted by molar-refractivity contribution is 0.00709. The van der Waals surface area contributed by atoms with Gasteiger partial charge in [0, 0.05) is 5.69 Å². The molecular formula is C12H14ClN3O2. The zero-order chi connectivity index (χ0) is 13.5. The van der Waals surface area contributed by atoms with Crippen molar-refractivity contribution in [2.45, 2.75) is 33.3 Å². The SMILES string of the molecule is Cc1[nH]c2cnc(Cl)nc2c1C(=O)OC(C)(C)C. The normalized spacial score (nSPS) is 11.8. The van der Waals surface area contributed by atoms with E-state index in [0.717, 1.165) is 0 Å². The molecule has 18 heavy (non-hydrogen) atoms. The maximum absolute atomic E-state index is 12.1. The quantitative estimate of drug-likeness (QED) is 0.637. The van der Waals surface area contributed by atoms with Gasteiger partial charge in [-0.2, -0.15) is 0 Å². The number of hydrogen-bond donors (Lipinski definition) is 1. The predicted octanol–water partition coefficient (Wildman–Crippen LogP) is 2.88. The highest BCUT2D eigenvalue weighted by Crippen LogP contribution is 2.23. The van der Waals surface area contributed by atoms with E-state index in [4.69, 9.17) is 16.3 Å². The highest BCUT2D eigenvalue weighted by molar-refractivity contribution is 6.28. The van der Waals surface area contributed by atoms with Crippen molar-refractivity contribution in [3.63, 3.8) is 0 Å². The summed E-state index contributed by atoms with van der Waals surface area (Å²) in [4.78, 5) is 23.1. The van der Waals surface area contributed by atoms with Crippen molar-refractivity contribution < 1.29 is 9.53 Å². The highest BCUT2D eigenvalue weighted by Gasteiger charge is 2.24. The summed E-state index contributed by atoms with van der Waals surface area (Å²) >= 11 is 5.75. The molecule has 5 nitrogen and oxygen atoms in total. The van der Waals surface area contributed by atoms with Crippen LogP contribution in [0.25, 0.3) is 11.0 Å². The number of nitrogens with zero attached hydrogens (tertiary/aromatic N) is 2. The van der Waals surface area contributed by atoms with Gasteiger partial charge in [-0.3, -0.25) is 0 Å². The molecule has 0 spiro atoms. The molecule has 2 aromatic heterocycles. The Morgan fingerprint density at radius 2 is 2.11 bits per heavy atom. The predicted molar refractivity (Wildman–Crippen MR) is 68.8 cm³/mol. The van der Waals surface area contributed by atoms with E-state index in [1.807, 2.05) is 20.8 Å². The average Bonchev–Trinajstić information content (AvgIpc) is 2.50. The van der Waals surface area contributed by atoms with Crippen LogP contribution in [0.5, 0.6) is 0 Å². The largest absolute Gasteiger partial charge is 0.456 e. The standard InChI is InChI=1S/C12H14ClN3O2/c1-6-8(10(17)18-12(2,3)4)9-7(15-6)5-14-11(13)16-9/h5,15H,1-4H3. The number of nitrogens with one attached hydrogen (secondary N) is 1. The number of carbonyl (C=O) groups excluding carboxylic acids is 1. The number of aromatic nitrogens is 3. The molecule has 0 unspecified atom stereocenters. The Bertz CT molecular complexity index is 614. The van der Waals surface area contributed by atoms with Crippen LogP contribution in [0, 0.1) is 6.92 Å². The molecule has 2 heterocycles. The summed E-state index contributed by atoms with van der Waals surface area (Å²) in [7, 11) is 0. The number of H-pyrrole nitrogens is 1. The second kappa shape index (κ2) is 4.24. The fraction of sp³-hybridized carbons (Fsp3) is 0.417. The van der Waals surface area contributed by atoms with Crippen LogP contribution in [0.1, 0.15) is 36.8 Å². The first-order valence-electron chi connectivity index (χ1n) is 5.52. The van der Waals surface area contributed by atoms with Gasteiger partial charge in [0.25, 0.3) is 0 Å². The van der Waals surface area contributed by atoms with Crippen molar-refractivity contribution >= 4 is 28.6 Å². The fourth-order valence-corrected chi connectivity index (χ4v) is 1.80. The number of hydrogen-bond acceptors (Lipinski definition) is 4. The Hall–Kier alpha value is -1.62. The number of halogens is 1. The Labute approximate surface area is 110 Å². The van der Waals surface area contributed by atoms with Crippen LogP contribution < -0.4 is 0 Å². The minimum Gasteiger partial charge on any atom is -0.456 e. The Morgan fingerprint density at radius 1 is 1.44 bits per heavy atom. The van der Waals surface area contributed by atoms with Crippen molar-refractivity contribution in [3.05, 3.63) is 22.7 Å². The number of fused-ring (bicyclic) bond motifs is 1. The summed E-state index contributed by atoms with van der Waals surface area (Å²) in [5, 5.41) is 0.103. The van der Waals surface area contributed by atoms with Crippen molar-refractivity contribution in [2.24, 2.45) is 0 Å². The van der Waals surface area contributed by atoms with E-state index < -0.39 is 11.6 Å². The monoisotopic (exact) mass is 267 g/mol. The van der Waals surface area contributed by atoms with E-state index in [-0.39, 0.29) is 5.28 Å². The molecule has 0 aromatic carbocycles. The van der Waals surface area contributed by atoms with Crippen LogP contribution in [-0.2, 0) is 4.74 Å². The lowest BCUT2D eigenvalue weighted by atomic mass is 10.1. The maximum atomic E-state index is 12.1. The molecule has 0 aliphatic rings. The third-order valence-corrected chi connectivity index (χ3v) is 2.48. The minimum absolute atomic E-state index is 0.103.